The van der Waals surface area contributed by atoms with Crippen LogP contribution in [0.1, 0.15) is 90.1 Å². The number of imidazole rings is 2. The average Bonchev–Trinajstić information content (AvgIpc) is 4.03. The van der Waals surface area contributed by atoms with Crippen molar-refractivity contribution in [2.24, 2.45) is 17.8 Å². The van der Waals surface area contributed by atoms with Crippen molar-refractivity contribution in [1.29, 1.82) is 0 Å². The summed E-state index contributed by atoms with van der Waals surface area (Å²) >= 11 is 0. The number of nitrogens with one attached hydrogen (secondary N) is 3. The van der Waals surface area contributed by atoms with E-state index in [1.807, 2.05) is 51.8 Å². The zero-order valence-electron chi connectivity index (χ0n) is 35.2. The largest absolute Gasteiger partial charge is 0.488 e. The maximum absolute atomic E-state index is 13.9. The van der Waals surface area contributed by atoms with Crippen molar-refractivity contribution in [1.82, 2.24) is 35.1 Å². The smallest absolute Gasteiger partial charge is 0.410 e. The fourth-order valence-corrected chi connectivity index (χ4v) is 8.95. The first-order valence-corrected chi connectivity index (χ1v) is 20.7. The summed E-state index contributed by atoms with van der Waals surface area (Å²) in [4.78, 5) is 60.0. The van der Waals surface area contributed by atoms with Crippen LogP contribution in [0.5, 0.6) is 5.75 Å². The second kappa shape index (κ2) is 15.9. The van der Waals surface area contributed by atoms with Crippen LogP contribution in [0.4, 0.5) is 9.59 Å². The zero-order valence-corrected chi connectivity index (χ0v) is 35.2. The van der Waals surface area contributed by atoms with Gasteiger partial charge in [-0.2, -0.15) is 0 Å². The number of benzene rings is 3. The van der Waals surface area contributed by atoms with Gasteiger partial charge < -0.3 is 39.1 Å². The standard InChI is InChI=1S/C45H55N7O7/c1-9-25(3)38(50-43(54)57-8)42(53)51-20-24(2)14-35(51)40-46-19-34(48-40)28-10-12-30-29(16-28)23-58-37-18-31-27(17-32(30)37)11-13-33-39(31)49-41(47-33)36-15-26(22-56-7)21-52(36)44(55)59-45(4,5)6/h10-13,16-19,24-26,35-36,38H,9,14-15,20-23H2,1-8H3,(H,46,48)(H,47,49)(H,50,54)/t24-,25-,26?,35?,36-,38?/m0/s1. The zero-order chi connectivity index (χ0) is 41.7. The maximum Gasteiger partial charge on any atom is 0.410 e. The third-order valence-electron chi connectivity index (χ3n) is 12.1. The highest BCUT2D eigenvalue weighted by molar-refractivity contribution is 6.07. The SMILES string of the molecule is CC[C@H](C)C(NC(=O)OC)C(=O)N1C[C@@H](C)CC1c1ncc(-c2ccc3c(c2)COc2cc4c(ccc5nc([C@@H]6CC(COC)CN6C(=O)OC(C)(C)C)[nH]c54)cc2-3)[nH]1. The molecule has 0 bridgehead atoms. The summed E-state index contributed by atoms with van der Waals surface area (Å²) in [5.41, 5.74) is 6.08. The Hall–Kier alpha value is -5.63. The van der Waals surface area contributed by atoms with E-state index in [2.05, 4.69) is 58.6 Å². The molecular weight excluding hydrogens is 751 g/mol. The molecule has 3 aliphatic rings. The number of aromatic amines is 2. The molecule has 3 amide bonds. The van der Waals surface area contributed by atoms with Crippen molar-refractivity contribution < 1.29 is 33.3 Å². The van der Waals surface area contributed by atoms with E-state index < -0.39 is 17.7 Å². The molecule has 14 heteroatoms. The third kappa shape index (κ3) is 7.82. The van der Waals surface area contributed by atoms with Crippen molar-refractivity contribution in [2.75, 3.05) is 33.9 Å². The van der Waals surface area contributed by atoms with Gasteiger partial charge in [0.25, 0.3) is 0 Å². The first-order valence-electron chi connectivity index (χ1n) is 20.7. The summed E-state index contributed by atoms with van der Waals surface area (Å²) in [6.45, 7) is 13.8. The molecule has 3 N–H and O–H groups in total. The second-order valence-electron chi connectivity index (χ2n) is 17.5. The van der Waals surface area contributed by atoms with Gasteiger partial charge in [0.15, 0.2) is 0 Å². The molecule has 2 saturated heterocycles. The Labute approximate surface area is 344 Å². The predicted octanol–water partition coefficient (Wildman–Crippen LogP) is 8.29. The van der Waals surface area contributed by atoms with E-state index in [0.29, 0.717) is 26.3 Å². The van der Waals surface area contributed by atoms with E-state index >= 15 is 0 Å². The molecule has 3 unspecified atom stereocenters. The molecule has 8 rings (SSSR count). The van der Waals surface area contributed by atoms with E-state index in [1.165, 1.54) is 7.11 Å². The van der Waals surface area contributed by atoms with Crippen LogP contribution in [0, 0.1) is 17.8 Å². The number of alkyl carbamates (subject to hydrolysis) is 1. The van der Waals surface area contributed by atoms with Gasteiger partial charge in [0.1, 0.15) is 35.6 Å². The van der Waals surface area contributed by atoms with Gasteiger partial charge in [0.05, 0.1) is 48.7 Å². The van der Waals surface area contributed by atoms with E-state index in [9.17, 15) is 14.4 Å². The van der Waals surface area contributed by atoms with Crippen LogP contribution in [0.15, 0.2) is 48.7 Å². The minimum Gasteiger partial charge on any atom is -0.488 e. The molecule has 6 atom stereocenters. The number of hydrogen-bond donors (Lipinski definition) is 3. The number of H-pyrrole nitrogens is 2. The number of rotatable bonds is 9. The lowest BCUT2D eigenvalue weighted by Crippen LogP contribution is -2.51. The lowest BCUT2D eigenvalue weighted by atomic mass is 9.92. The molecule has 59 heavy (non-hydrogen) atoms. The Bertz CT molecular complexity index is 2400. The molecule has 3 aromatic carbocycles. The highest BCUT2D eigenvalue weighted by Gasteiger charge is 2.42. The van der Waals surface area contributed by atoms with Gasteiger partial charge in [-0.3, -0.25) is 9.69 Å². The molecule has 14 nitrogen and oxygen atoms in total. The van der Waals surface area contributed by atoms with Crippen LogP contribution in [0.3, 0.4) is 0 Å². The first-order chi connectivity index (χ1) is 28.2. The summed E-state index contributed by atoms with van der Waals surface area (Å²) in [6, 6.07) is 13.5. The topological polar surface area (TPSA) is 164 Å². The molecule has 2 fully saturated rings. The number of carbonyl (C=O) groups is 3. The molecule has 0 aliphatic carbocycles. The van der Waals surface area contributed by atoms with E-state index in [-0.39, 0.29) is 41.8 Å². The predicted molar refractivity (Wildman–Crippen MR) is 224 cm³/mol. The molecule has 312 valence electrons. The minimum atomic E-state index is -0.693. The summed E-state index contributed by atoms with van der Waals surface area (Å²) in [6.07, 6.45) is 3.06. The number of fused-ring (bicyclic) bond motifs is 6. The van der Waals surface area contributed by atoms with Gasteiger partial charge in [0, 0.05) is 37.1 Å². The van der Waals surface area contributed by atoms with Crippen molar-refractivity contribution in [3.05, 3.63) is 65.9 Å². The number of amides is 3. The molecular formula is C45H55N7O7. The van der Waals surface area contributed by atoms with Crippen LogP contribution in [-0.2, 0) is 25.6 Å². The minimum absolute atomic E-state index is 0.0689. The Kier molecular flexibility index (Phi) is 10.8. The van der Waals surface area contributed by atoms with E-state index in [0.717, 1.165) is 86.4 Å². The highest BCUT2D eigenvalue weighted by Crippen LogP contribution is 2.44. The lowest BCUT2D eigenvalue weighted by molar-refractivity contribution is -0.135. The summed E-state index contributed by atoms with van der Waals surface area (Å²) in [7, 11) is 2.99. The number of aromatic nitrogens is 4. The Morgan fingerprint density at radius 3 is 2.53 bits per heavy atom. The van der Waals surface area contributed by atoms with Crippen molar-refractivity contribution in [3.8, 4) is 28.1 Å². The normalized spacial score (nSPS) is 21.2. The van der Waals surface area contributed by atoms with Gasteiger partial charge >= 0.3 is 12.2 Å². The number of hydrogen-bond acceptors (Lipinski definition) is 9. The van der Waals surface area contributed by atoms with Gasteiger partial charge in [-0.15, -0.1) is 0 Å². The fraction of sp³-hybridized carbons (Fsp3) is 0.489. The van der Waals surface area contributed by atoms with Gasteiger partial charge in [-0.25, -0.2) is 19.6 Å². The van der Waals surface area contributed by atoms with Crippen molar-refractivity contribution in [2.45, 2.75) is 91.1 Å². The molecule has 0 saturated carbocycles. The number of methoxy groups -OCH3 is 2. The monoisotopic (exact) mass is 805 g/mol. The molecule has 0 radical (unpaired) electrons. The number of likely N-dealkylation sites (tertiary alicyclic amines) is 2. The molecule has 2 aromatic heterocycles. The van der Waals surface area contributed by atoms with Crippen molar-refractivity contribution >= 4 is 39.9 Å². The second-order valence-corrected chi connectivity index (χ2v) is 17.5. The van der Waals surface area contributed by atoms with E-state index in [4.69, 9.17) is 28.9 Å². The van der Waals surface area contributed by atoms with Crippen LogP contribution in [0.2, 0.25) is 0 Å². The number of ether oxygens (including phenoxy) is 4. The number of nitrogens with zero attached hydrogens (tertiary/aromatic N) is 4. The molecule has 3 aliphatic heterocycles. The summed E-state index contributed by atoms with van der Waals surface area (Å²) in [5.74, 6) is 2.48. The molecule has 0 spiro atoms. The average molecular weight is 806 g/mol. The quantitative estimate of drug-likeness (QED) is 0.133. The lowest BCUT2D eigenvalue weighted by Gasteiger charge is -2.30. The van der Waals surface area contributed by atoms with Crippen LogP contribution >= 0.6 is 0 Å². The van der Waals surface area contributed by atoms with Crippen LogP contribution < -0.4 is 10.1 Å². The third-order valence-corrected chi connectivity index (χ3v) is 12.1. The van der Waals surface area contributed by atoms with Crippen LogP contribution in [0.25, 0.3) is 44.2 Å². The fourth-order valence-electron chi connectivity index (χ4n) is 8.95. The maximum atomic E-state index is 13.9. The summed E-state index contributed by atoms with van der Waals surface area (Å²) < 4.78 is 22.5. The first kappa shape index (κ1) is 40.2. The van der Waals surface area contributed by atoms with Gasteiger partial charge in [-0.05, 0) is 91.8 Å². The van der Waals surface area contributed by atoms with Crippen LogP contribution in [-0.4, -0.2) is 93.4 Å². The van der Waals surface area contributed by atoms with Gasteiger partial charge in [0.2, 0.25) is 5.91 Å². The van der Waals surface area contributed by atoms with E-state index in [1.54, 1.807) is 12.0 Å². The molecule has 5 aromatic rings. The highest BCUT2D eigenvalue weighted by atomic mass is 16.6. The Morgan fingerprint density at radius 2 is 1.78 bits per heavy atom. The van der Waals surface area contributed by atoms with Crippen molar-refractivity contribution in [3.63, 3.8) is 0 Å². The Morgan fingerprint density at radius 1 is 0.983 bits per heavy atom. The number of carbonyl (C=O) groups excluding carboxylic acids is 3. The Balaban J connectivity index is 1.05. The summed E-state index contributed by atoms with van der Waals surface area (Å²) in [5, 5.41) is 4.81. The van der Waals surface area contributed by atoms with Gasteiger partial charge in [-0.1, -0.05) is 45.4 Å². The molecule has 5 heterocycles.